The van der Waals surface area contributed by atoms with E-state index in [0.717, 1.165) is 0 Å². The summed E-state index contributed by atoms with van der Waals surface area (Å²) in [6, 6.07) is 0. The van der Waals surface area contributed by atoms with Crippen LogP contribution in [0.15, 0.2) is 0 Å². The Morgan fingerprint density at radius 1 is 0.429 bits per heavy atom. The van der Waals surface area contributed by atoms with Gasteiger partial charge >= 0.3 is 21.1 Å². The summed E-state index contributed by atoms with van der Waals surface area (Å²) in [5, 5.41) is 0. The van der Waals surface area contributed by atoms with Crippen LogP contribution in [0.5, 0.6) is 0 Å². The van der Waals surface area contributed by atoms with Gasteiger partial charge in [0.25, 0.3) is 0 Å². The largest absolute Gasteiger partial charge is 2.00 e. The summed E-state index contributed by atoms with van der Waals surface area (Å²) >= 11 is 0. The van der Waals surface area contributed by atoms with E-state index < -0.39 is 0 Å². The van der Waals surface area contributed by atoms with Crippen LogP contribution in [0.1, 0.15) is 0 Å². The van der Waals surface area contributed by atoms with Crippen molar-refractivity contribution in [2.75, 3.05) is 0 Å². The molecule has 0 atom stereocenters. The van der Waals surface area contributed by atoms with Gasteiger partial charge < -0.3 is 35.6 Å². The smallest absolute Gasteiger partial charge is 0.870 e. The molecule has 0 bridgehead atoms. The predicted molar refractivity (Wildman–Crippen MR) is 24.0 cm³/mol. The molecule has 0 radical (unpaired) electrons. The zero-order chi connectivity index (χ0) is 0. The minimum Gasteiger partial charge on any atom is -0.870 e. The van der Waals surface area contributed by atoms with Gasteiger partial charge in [-0.25, -0.2) is 0 Å². The van der Waals surface area contributed by atoms with Crippen molar-refractivity contribution >= 4 is 0 Å². The fourth-order valence-electron chi connectivity index (χ4n) is 0. The van der Waals surface area contributed by atoms with Crippen molar-refractivity contribution < 1.29 is 32.0 Å². The molecular weight excluding hydrogens is 283 g/mol. The van der Waals surface area contributed by atoms with E-state index in [-0.39, 0.29) is 56.6 Å². The summed E-state index contributed by atoms with van der Waals surface area (Å²) in [5.41, 5.74) is 0. The van der Waals surface area contributed by atoms with Crippen molar-refractivity contribution in [1.29, 1.82) is 0 Å². The quantitative estimate of drug-likeness (QED) is 0.494. The molecule has 0 fully saturated rings. The van der Waals surface area contributed by atoms with Crippen molar-refractivity contribution in [3.63, 3.8) is 0 Å². The van der Waals surface area contributed by atoms with Gasteiger partial charge in [0, 0.05) is 0 Å². The first-order valence-corrected chi connectivity index (χ1v) is 0. The van der Waals surface area contributed by atoms with Gasteiger partial charge in [-0.15, -0.1) is 0 Å². The van der Waals surface area contributed by atoms with Crippen LogP contribution >= 0.6 is 0 Å². The topological polar surface area (TPSA) is 200 Å². The Balaban J connectivity index is 0. The van der Waals surface area contributed by atoms with Crippen molar-refractivity contribution in [1.82, 2.24) is 24.6 Å². The first kappa shape index (κ1) is 1540. The summed E-state index contributed by atoms with van der Waals surface area (Å²) in [6.45, 7) is 0. The molecule has 0 aromatic rings. The van der Waals surface area contributed by atoms with Gasteiger partial charge in [0.1, 0.15) is 0 Å². The molecule has 56 valence electrons. The fraction of sp³-hybridized carbons (Fsp3) is 0. The average molecular weight is 297 g/mol. The number of hydrogen-bond acceptors (Lipinski definition) is 6. The molecule has 14 N–H and O–H groups in total. The first-order chi connectivity index (χ1) is 0. The van der Waals surface area contributed by atoms with E-state index in [9.17, 15) is 0 Å². The van der Waals surface area contributed by atoms with E-state index in [4.69, 9.17) is 0 Å². The molecule has 0 aromatic heterocycles. The van der Waals surface area contributed by atoms with Crippen LogP contribution in [0.2, 0.25) is 0 Å². The van der Waals surface area contributed by atoms with Crippen LogP contribution in [0.3, 0.4) is 0 Å². The predicted octanol–water partition coefficient (Wildman–Crippen LogP) is 0.292. The summed E-state index contributed by atoms with van der Waals surface area (Å²) in [6.07, 6.45) is 0. The number of hydrogen-bond donors (Lipinski definition) is 4. The van der Waals surface area contributed by atoms with E-state index in [1.165, 1.54) is 0 Å². The third-order valence-corrected chi connectivity index (χ3v) is 0. The Kier molecular flexibility index (Phi) is 210000. The summed E-state index contributed by atoms with van der Waals surface area (Å²) in [7, 11) is 0. The van der Waals surface area contributed by atoms with Crippen LogP contribution in [0.25, 0.3) is 0 Å². The first-order valence-electron chi connectivity index (χ1n) is 0. The Labute approximate surface area is 57.3 Å². The Hall–Kier alpha value is 0.448. The van der Waals surface area contributed by atoms with Gasteiger partial charge in [0.15, 0.2) is 0 Å². The monoisotopic (exact) mass is 297 g/mol. The van der Waals surface area contributed by atoms with Gasteiger partial charge in [-0.1, -0.05) is 0 Å². The molecular formula is H14N4O2Pt. The van der Waals surface area contributed by atoms with Crippen molar-refractivity contribution in [2.24, 2.45) is 0 Å². The molecule has 0 amide bonds. The van der Waals surface area contributed by atoms with Crippen LogP contribution in [-0.4, -0.2) is 11.0 Å². The van der Waals surface area contributed by atoms with Gasteiger partial charge in [-0.05, 0) is 0 Å². The van der Waals surface area contributed by atoms with E-state index in [0.29, 0.717) is 0 Å². The standard InChI is InChI=1S/4H3N.2H2O.Pt/h4*1H3;2*1H2;/q;;;;;;+2/p-2. The maximum absolute atomic E-state index is 0. The maximum Gasteiger partial charge on any atom is 2.00 e. The van der Waals surface area contributed by atoms with Crippen molar-refractivity contribution in [3.8, 4) is 0 Å². The molecule has 7 heteroatoms. The third kappa shape index (κ3) is 635. The molecule has 0 saturated heterocycles. The minimum atomic E-state index is 0. The van der Waals surface area contributed by atoms with Gasteiger partial charge in [-0.2, -0.15) is 0 Å². The molecule has 0 saturated carbocycles. The van der Waals surface area contributed by atoms with Gasteiger partial charge in [-0.3, -0.25) is 0 Å². The molecule has 0 aliphatic carbocycles. The normalized spacial score (nSPS) is 0. The molecule has 0 unspecified atom stereocenters. The van der Waals surface area contributed by atoms with Crippen molar-refractivity contribution in [2.45, 2.75) is 0 Å². The minimum absolute atomic E-state index is 0. The Morgan fingerprint density at radius 3 is 0.429 bits per heavy atom. The third-order valence-electron chi connectivity index (χ3n) is 0. The Bertz CT molecular complexity index is 9.65. The molecule has 0 aliphatic rings. The van der Waals surface area contributed by atoms with Crippen LogP contribution in [0, 0.1) is 0 Å². The molecule has 0 rings (SSSR count). The molecule has 0 spiro atoms. The second-order valence-electron chi connectivity index (χ2n) is 0. The summed E-state index contributed by atoms with van der Waals surface area (Å²) in [5.74, 6) is 0. The SMILES string of the molecule is N.N.N.N.[OH-].[OH-].[Pt+2]. The maximum atomic E-state index is 0. The van der Waals surface area contributed by atoms with E-state index in [1.54, 1.807) is 0 Å². The Morgan fingerprint density at radius 2 is 0.429 bits per heavy atom. The number of rotatable bonds is 0. The molecule has 0 aliphatic heterocycles. The van der Waals surface area contributed by atoms with Crippen LogP contribution < -0.4 is 24.6 Å². The zero-order valence-corrected chi connectivity index (χ0v) is 6.31. The van der Waals surface area contributed by atoms with E-state index in [1.807, 2.05) is 0 Å². The molecule has 6 nitrogen and oxygen atoms in total. The van der Waals surface area contributed by atoms with Crippen molar-refractivity contribution in [3.05, 3.63) is 0 Å². The second-order valence-corrected chi connectivity index (χ2v) is 0. The van der Waals surface area contributed by atoms with Crippen LogP contribution in [0.4, 0.5) is 0 Å². The van der Waals surface area contributed by atoms with Crippen LogP contribution in [-0.2, 0) is 21.1 Å². The molecule has 0 aromatic carbocycles. The fourth-order valence-corrected chi connectivity index (χ4v) is 0. The summed E-state index contributed by atoms with van der Waals surface area (Å²) in [4.78, 5) is 0. The summed E-state index contributed by atoms with van der Waals surface area (Å²) < 4.78 is 0. The van der Waals surface area contributed by atoms with E-state index >= 15 is 0 Å². The van der Waals surface area contributed by atoms with E-state index in [2.05, 4.69) is 0 Å². The van der Waals surface area contributed by atoms with Gasteiger partial charge in [0.05, 0.1) is 0 Å². The molecule has 0 heterocycles. The molecule has 7 heavy (non-hydrogen) atoms. The average Bonchev–Trinajstić information content (AvgIpc) is 0. The van der Waals surface area contributed by atoms with Gasteiger partial charge in [0.2, 0.25) is 0 Å². The zero-order valence-electron chi connectivity index (χ0n) is 4.04. The second kappa shape index (κ2) is 952.